The Bertz CT molecular complexity index is 1370. The van der Waals surface area contributed by atoms with Crippen LogP contribution in [0.4, 0.5) is 5.69 Å². The first kappa shape index (κ1) is 21.6. The molecule has 4 rings (SSSR count). The van der Waals surface area contributed by atoms with Crippen molar-refractivity contribution in [1.82, 2.24) is 9.55 Å². The number of fused-ring (bicyclic) bond motifs is 2. The highest BCUT2D eigenvalue weighted by atomic mass is 79.9. The van der Waals surface area contributed by atoms with Gasteiger partial charge in [0.05, 0.1) is 21.8 Å². The molecule has 0 saturated heterocycles. The third-order valence-electron chi connectivity index (χ3n) is 5.14. The lowest BCUT2D eigenvalue weighted by atomic mass is 10.1. The fourth-order valence-corrected chi connectivity index (χ4v) is 4.99. The molecule has 0 aliphatic carbocycles. The molecular weight excluding hydrogens is 474 g/mol. The highest BCUT2D eigenvalue weighted by Crippen LogP contribution is 2.28. The number of halogens is 1. The average molecular weight is 496 g/mol. The zero-order chi connectivity index (χ0) is 22.1. The summed E-state index contributed by atoms with van der Waals surface area (Å²) in [5, 5.41) is 5.68. The highest BCUT2D eigenvalue weighted by molar-refractivity contribution is 9.10. The Kier molecular flexibility index (Phi) is 6.16. The van der Waals surface area contributed by atoms with Crippen LogP contribution in [0.2, 0.25) is 0 Å². The van der Waals surface area contributed by atoms with Crippen molar-refractivity contribution in [3.63, 3.8) is 0 Å². The van der Waals surface area contributed by atoms with E-state index < -0.39 is 5.25 Å². The second-order valence-corrected chi connectivity index (χ2v) is 9.56. The second-order valence-electron chi connectivity index (χ2n) is 7.39. The van der Waals surface area contributed by atoms with Gasteiger partial charge in [-0.25, -0.2) is 4.98 Å². The molecule has 1 aromatic heterocycles. The van der Waals surface area contributed by atoms with Crippen LogP contribution in [-0.2, 0) is 11.3 Å². The molecule has 0 radical (unpaired) electrons. The van der Waals surface area contributed by atoms with Gasteiger partial charge >= 0.3 is 0 Å². The number of aryl methyl sites for hydroxylation is 1. The van der Waals surface area contributed by atoms with Crippen LogP contribution >= 0.6 is 27.7 Å². The van der Waals surface area contributed by atoms with Gasteiger partial charge in [-0.2, -0.15) is 0 Å². The third-order valence-corrected chi connectivity index (χ3v) is 6.88. The van der Waals surface area contributed by atoms with E-state index in [9.17, 15) is 9.59 Å². The van der Waals surface area contributed by atoms with Crippen LogP contribution in [0.15, 0.2) is 69.0 Å². The van der Waals surface area contributed by atoms with Crippen LogP contribution in [0.5, 0.6) is 0 Å². The van der Waals surface area contributed by atoms with Gasteiger partial charge in [0, 0.05) is 11.0 Å². The number of carbonyl (C=O) groups excluding carboxylic acids is 1. The molecule has 4 aromatic rings. The van der Waals surface area contributed by atoms with Gasteiger partial charge in [-0.1, -0.05) is 42.1 Å². The first-order valence-electron chi connectivity index (χ1n) is 10.0. The summed E-state index contributed by atoms with van der Waals surface area (Å²) in [5.41, 5.74) is 2.38. The molecule has 3 aromatic carbocycles. The molecule has 1 heterocycles. The number of anilines is 1. The van der Waals surface area contributed by atoms with Crippen LogP contribution in [0.3, 0.4) is 0 Å². The number of thioether (sulfide) groups is 1. The normalized spacial score (nSPS) is 12.3. The lowest BCUT2D eigenvalue weighted by molar-refractivity contribution is -0.115. The summed E-state index contributed by atoms with van der Waals surface area (Å²) in [5.74, 6) is -0.148. The van der Waals surface area contributed by atoms with Crippen molar-refractivity contribution >= 4 is 61.0 Å². The van der Waals surface area contributed by atoms with E-state index in [0.717, 1.165) is 20.8 Å². The van der Waals surface area contributed by atoms with E-state index in [1.165, 1.54) is 11.8 Å². The van der Waals surface area contributed by atoms with Gasteiger partial charge in [0.15, 0.2) is 5.16 Å². The Morgan fingerprint density at radius 2 is 1.87 bits per heavy atom. The SMILES string of the molecule is CCn1c(SC(C)C(=O)Nc2ccc(C)cc2Br)nc2cc3ccccc3cc2c1=O. The molecule has 1 amide bonds. The molecule has 5 nitrogen and oxygen atoms in total. The number of amides is 1. The van der Waals surface area contributed by atoms with Gasteiger partial charge in [-0.05, 0) is 77.3 Å². The van der Waals surface area contributed by atoms with E-state index in [2.05, 4.69) is 21.2 Å². The molecular formula is C24H22BrN3O2S. The first-order valence-corrected chi connectivity index (χ1v) is 11.7. The zero-order valence-corrected chi connectivity index (χ0v) is 19.9. The minimum Gasteiger partial charge on any atom is -0.324 e. The zero-order valence-electron chi connectivity index (χ0n) is 17.5. The van der Waals surface area contributed by atoms with Crippen LogP contribution in [0.1, 0.15) is 19.4 Å². The number of benzene rings is 3. The smallest absolute Gasteiger partial charge is 0.262 e. The monoisotopic (exact) mass is 495 g/mol. The quantitative estimate of drug-likeness (QED) is 0.217. The van der Waals surface area contributed by atoms with Gasteiger partial charge in [0.25, 0.3) is 5.56 Å². The molecule has 0 bridgehead atoms. The molecule has 7 heteroatoms. The minimum absolute atomic E-state index is 0.0883. The maximum atomic E-state index is 13.1. The number of hydrogen-bond donors (Lipinski definition) is 1. The second kappa shape index (κ2) is 8.85. The molecule has 31 heavy (non-hydrogen) atoms. The standard InChI is InChI=1S/C24H22BrN3O2S/c1-4-28-23(30)18-12-16-7-5-6-8-17(16)13-21(18)27-24(28)31-15(3)22(29)26-20-10-9-14(2)11-19(20)25/h5-13,15H,4H2,1-3H3,(H,26,29). The summed E-state index contributed by atoms with van der Waals surface area (Å²) in [7, 11) is 0. The molecule has 0 aliphatic rings. The van der Waals surface area contributed by atoms with Crippen molar-refractivity contribution in [1.29, 1.82) is 0 Å². The largest absolute Gasteiger partial charge is 0.324 e. The summed E-state index contributed by atoms with van der Waals surface area (Å²) in [6.07, 6.45) is 0. The Hall–Kier alpha value is -2.64. The summed E-state index contributed by atoms with van der Waals surface area (Å²) >= 11 is 4.78. The fraction of sp³-hybridized carbons (Fsp3) is 0.208. The van der Waals surface area contributed by atoms with Crippen LogP contribution in [-0.4, -0.2) is 20.7 Å². The lowest BCUT2D eigenvalue weighted by Gasteiger charge is -2.16. The van der Waals surface area contributed by atoms with Crippen molar-refractivity contribution in [2.24, 2.45) is 0 Å². The Labute approximate surface area is 193 Å². The molecule has 0 fully saturated rings. The summed E-state index contributed by atoms with van der Waals surface area (Å²) in [4.78, 5) is 30.7. The van der Waals surface area contributed by atoms with Gasteiger partial charge < -0.3 is 5.32 Å². The molecule has 0 aliphatic heterocycles. The van der Waals surface area contributed by atoms with E-state index in [1.54, 1.807) is 4.57 Å². The van der Waals surface area contributed by atoms with Crippen LogP contribution in [0.25, 0.3) is 21.7 Å². The van der Waals surface area contributed by atoms with Gasteiger partial charge in [0.2, 0.25) is 5.91 Å². The Balaban J connectivity index is 1.67. The van der Waals surface area contributed by atoms with Crippen molar-refractivity contribution in [2.75, 3.05) is 5.32 Å². The van der Waals surface area contributed by atoms with E-state index in [0.29, 0.717) is 28.3 Å². The molecule has 1 unspecified atom stereocenters. The predicted molar refractivity (Wildman–Crippen MR) is 132 cm³/mol. The molecule has 0 saturated carbocycles. The van der Waals surface area contributed by atoms with Crippen LogP contribution in [0, 0.1) is 6.92 Å². The van der Waals surface area contributed by atoms with Crippen molar-refractivity contribution < 1.29 is 4.79 Å². The molecule has 158 valence electrons. The average Bonchev–Trinajstić information content (AvgIpc) is 2.75. The minimum atomic E-state index is -0.434. The Morgan fingerprint density at radius 3 is 2.55 bits per heavy atom. The third kappa shape index (κ3) is 4.38. The van der Waals surface area contributed by atoms with Crippen LogP contribution < -0.4 is 10.9 Å². The predicted octanol–water partition coefficient (Wildman–Crippen LogP) is 5.76. The number of nitrogens with one attached hydrogen (secondary N) is 1. The summed E-state index contributed by atoms with van der Waals surface area (Å²) in [6, 6.07) is 17.5. The number of nitrogens with zero attached hydrogens (tertiary/aromatic N) is 2. The number of aromatic nitrogens is 2. The molecule has 0 spiro atoms. The van der Waals surface area contributed by atoms with E-state index >= 15 is 0 Å². The maximum Gasteiger partial charge on any atom is 0.262 e. The van der Waals surface area contributed by atoms with E-state index in [-0.39, 0.29) is 11.5 Å². The van der Waals surface area contributed by atoms with Gasteiger partial charge in [0.1, 0.15) is 0 Å². The summed E-state index contributed by atoms with van der Waals surface area (Å²) < 4.78 is 2.46. The van der Waals surface area contributed by atoms with Crippen molar-refractivity contribution in [2.45, 2.75) is 37.7 Å². The molecule has 1 atom stereocenters. The van der Waals surface area contributed by atoms with E-state index in [1.807, 2.05) is 75.4 Å². The number of hydrogen-bond acceptors (Lipinski definition) is 4. The maximum absolute atomic E-state index is 13.1. The topological polar surface area (TPSA) is 64.0 Å². The Morgan fingerprint density at radius 1 is 1.16 bits per heavy atom. The van der Waals surface area contributed by atoms with Gasteiger partial charge in [-0.15, -0.1) is 0 Å². The number of carbonyl (C=O) groups is 1. The fourth-order valence-electron chi connectivity index (χ4n) is 3.42. The first-order chi connectivity index (χ1) is 14.9. The highest BCUT2D eigenvalue weighted by Gasteiger charge is 2.20. The van der Waals surface area contributed by atoms with Crippen molar-refractivity contribution in [3.05, 3.63) is 75.0 Å². The van der Waals surface area contributed by atoms with E-state index in [4.69, 9.17) is 4.98 Å². The van der Waals surface area contributed by atoms with Gasteiger partial charge in [-0.3, -0.25) is 14.2 Å². The molecule has 1 N–H and O–H groups in total. The lowest BCUT2D eigenvalue weighted by Crippen LogP contribution is -2.26. The summed E-state index contributed by atoms with van der Waals surface area (Å²) in [6.45, 7) is 6.20. The number of rotatable bonds is 5. The van der Waals surface area contributed by atoms with Crippen molar-refractivity contribution in [3.8, 4) is 0 Å².